The second-order valence-electron chi connectivity index (χ2n) is 5.39. The summed E-state index contributed by atoms with van der Waals surface area (Å²) in [6, 6.07) is 8.66. The van der Waals surface area contributed by atoms with Gasteiger partial charge in [-0.25, -0.2) is 0 Å². The molecule has 1 aromatic carbocycles. The third-order valence-electron chi connectivity index (χ3n) is 3.84. The zero-order chi connectivity index (χ0) is 13.5. The van der Waals surface area contributed by atoms with Gasteiger partial charge < -0.3 is 10.6 Å². The molecule has 2 rings (SSSR count). The molecule has 1 saturated heterocycles. The number of aryl methyl sites for hydroxylation is 1. The Hall–Kier alpha value is -1.35. The fourth-order valence-electron chi connectivity index (χ4n) is 2.60. The molecule has 1 atom stereocenters. The highest BCUT2D eigenvalue weighted by atomic mass is 16.1. The average Bonchev–Trinajstić information content (AvgIpc) is 2.43. The maximum absolute atomic E-state index is 11.9. The smallest absolute Gasteiger partial charge is 0.224 e. The van der Waals surface area contributed by atoms with Crippen molar-refractivity contribution in [3.8, 4) is 0 Å². The number of hydrogen-bond donors (Lipinski definition) is 2. The van der Waals surface area contributed by atoms with E-state index < -0.39 is 0 Å². The Morgan fingerprint density at radius 2 is 2.21 bits per heavy atom. The monoisotopic (exact) mass is 260 g/mol. The Bertz CT molecular complexity index is 411. The summed E-state index contributed by atoms with van der Waals surface area (Å²) in [5, 5.41) is 6.53. The highest BCUT2D eigenvalue weighted by Crippen LogP contribution is 2.10. The molecule has 1 aromatic rings. The topological polar surface area (TPSA) is 41.1 Å². The van der Waals surface area contributed by atoms with Crippen molar-refractivity contribution in [1.29, 1.82) is 0 Å². The van der Waals surface area contributed by atoms with Gasteiger partial charge in [-0.3, -0.25) is 4.79 Å². The largest absolute Gasteiger partial charge is 0.356 e. The van der Waals surface area contributed by atoms with E-state index in [0.29, 0.717) is 12.5 Å². The first-order valence-corrected chi connectivity index (χ1v) is 7.30. The number of hydrogen-bond acceptors (Lipinski definition) is 2. The molecule has 1 heterocycles. The summed E-state index contributed by atoms with van der Waals surface area (Å²) in [6.45, 7) is 3.96. The van der Waals surface area contributed by atoms with Crippen LogP contribution in [-0.2, 0) is 11.2 Å². The van der Waals surface area contributed by atoms with E-state index in [4.69, 9.17) is 0 Å². The lowest BCUT2D eigenvalue weighted by atomic mass is 10.0. The molecule has 0 bridgehead atoms. The SMILES string of the molecule is Cc1ccccc1CC(=O)NCCC1CCCCN1. The van der Waals surface area contributed by atoms with Crippen LogP contribution in [0.25, 0.3) is 0 Å². The second kappa shape index (κ2) is 7.29. The van der Waals surface area contributed by atoms with Gasteiger partial charge in [0.05, 0.1) is 6.42 Å². The molecule has 1 fully saturated rings. The lowest BCUT2D eigenvalue weighted by molar-refractivity contribution is -0.120. The van der Waals surface area contributed by atoms with E-state index in [2.05, 4.69) is 23.6 Å². The predicted molar refractivity (Wildman–Crippen MR) is 78.2 cm³/mol. The fraction of sp³-hybridized carbons (Fsp3) is 0.562. The van der Waals surface area contributed by atoms with E-state index in [-0.39, 0.29) is 5.91 Å². The van der Waals surface area contributed by atoms with E-state index in [1.165, 1.54) is 24.8 Å². The molecule has 3 nitrogen and oxygen atoms in total. The number of benzene rings is 1. The molecular formula is C16H24N2O. The molecule has 0 aromatic heterocycles. The molecule has 0 aliphatic carbocycles. The number of amides is 1. The first-order valence-electron chi connectivity index (χ1n) is 7.30. The fourth-order valence-corrected chi connectivity index (χ4v) is 2.60. The molecule has 1 aliphatic heterocycles. The van der Waals surface area contributed by atoms with Crippen LogP contribution in [0.2, 0.25) is 0 Å². The van der Waals surface area contributed by atoms with Crippen molar-refractivity contribution < 1.29 is 4.79 Å². The van der Waals surface area contributed by atoms with Crippen molar-refractivity contribution in [2.24, 2.45) is 0 Å². The van der Waals surface area contributed by atoms with E-state index in [0.717, 1.165) is 25.1 Å². The Kier molecular flexibility index (Phi) is 5.40. The number of carbonyl (C=O) groups excluding carboxylic acids is 1. The van der Waals surface area contributed by atoms with Crippen LogP contribution in [0.5, 0.6) is 0 Å². The van der Waals surface area contributed by atoms with Crippen LogP contribution in [0.3, 0.4) is 0 Å². The summed E-state index contributed by atoms with van der Waals surface area (Å²) in [6.07, 6.45) is 5.38. The van der Waals surface area contributed by atoms with Crippen LogP contribution >= 0.6 is 0 Å². The third kappa shape index (κ3) is 4.67. The van der Waals surface area contributed by atoms with Gasteiger partial charge in [0, 0.05) is 12.6 Å². The second-order valence-corrected chi connectivity index (χ2v) is 5.39. The van der Waals surface area contributed by atoms with Gasteiger partial charge >= 0.3 is 0 Å². The van der Waals surface area contributed by atoms with Gasteiger partial charge in [-0.05, 0) is 43.9 Å². The first kappa shape index (κ1) is 14.1. The number of piperidine rings is 1. The van der Waals surface area contributed by atoms with E-state index in [9.17, 15) is 4.79 Å². The van der Waals surface area contributed by atoms with Crippen LogP contribution in [0.15, 0.2) is 24.3 Å². The third-order valence-corrected chi connectivity index (χ3v) is 3.84. The summed E-state index contributed by atoms with van der Waals surface area (Å²) in [5.74, 6) is 0.130. The minimum Gasteiger partial charge on any atom is -0.356 e. The number of nitrogens with one attached hydrogen (secondary N) is 2. The van der Waals surface area contributed by atoms with E-state index in [1.54, 1.807) is 0 Å². The molecule has 1 amide bonds. The van der Waals surface area contributed by atoms with Crippen molar-refractivity contribution in [3.63, 3.8) is 0 Å². The highest BCUT2D eigenvalue weighted by molar-refractivity contribution is 5.78. The molecular weight excluding hydrogens is 236 g/mol. The zero-order valence-corrected chi connectivity index (χ0v) is 11.7. The number of carbonyl (C=O) groups is 1. The molecule has 0 radical (unpaired) electrons. The minimum atomic E-state index is 0.130. The Morgan fingerprint density at radius 1 is 1.37 bits per heavy atom. The first-order chi connectivity index (χ1) is 9.25. The Balaban J connectivity index is 1.68. The molecule has 104 valence electrons. The summed E-state index contributed by atoms with van der Waals surface area (Å²) in [5.41, 5.74) is 2.31. The van der Waals surface area contributed by atoms with Crippen molar-refractivity contribution in [2.45, 2.75) is 45.1 Å². The lowest BCUT2D eigenvalue weighted by Crippen LogP contribution is -2.37. The molecule has 19 heavy (non-hydrogen) atoms. The van der Waals surface area contributed by atoms with Crippen LogP contribution < -0.4 is 10.6 Å². The quantitative estimate of drug-likeness (QED) is 0.852. The summed E-state index contributed by atoms with van der Waals surface area (Å²) < 4.78 is 0. The van der Waals surface area contributed by atoms with Gasteiger partial charge in [0.1, 0.15) is 0 Å². The van der Waals surface area contributed by atoms with Gasteiger partial charge in [0.25, 0.3) is 0 Å². The van der Waals surface area contributed by atoms with Crippen LogP contribution in [0.1, 0.15) is 36.8 Å². The molecule has 2 N–H and O–H groups in total. The van der Waals surface area contributed by atoms with Gasteiger partial charge in [0.2, 0.25) is 5.91 Å². The summed E-state index contributed by atoms with van der Waals surface area (Å²) in [4.78, 5) is 11.9. The van der Waals surface area contributed by atoms with Crippen molar-refractivity contribution in [3.05, 3.63) is 35.4 Å². The van der Waals surface area contributed by atoms with Crippen molar-refractivity contribution in [2.75, 3.05) is 13.1 Å². The molecule has 0 spiro atoms. The van der Waals surface area contributed by atoms with Crippen LogP contribution in [-0.4, -0.2) is 25.0 Å². The summed E-state index contributed by atoms with van der Waals surface area (Å²) >= 11 is 0. The maximum Gasteiger partial charge on any atom is 0.224 e. The van der Waals surface area contributed by atoms with E-state index >= 15 is 0 Å². The van der Waals surface area contributed by atoms with Crippen LogP contribution in [0, 0.1) is 6.92 Å². The van der Waals surface area contributed by atoms with Gasteiger partial charge in [-0.2, -0.15) is 0 Å². The molecule has 3 heteroatoms. The van der Waals surface area contributed by atoms with Gasteiger partial charge in [-0.15, -0.1) is 0 Å². The predicted octanol–water partition coefficient (Wildman–Crippen LogP) is 2.19. The van der Waals surface area contributed by atoms with Crippen molar-refractivity contribution in [1.82, 2.24) is 10.6 Å². The molecule has 1 aliphatic rings. The van der Waals surface area contributed by atoms with Gasteiger partial charge in [-0.1, -0.05) is 30.7 Å². The standard InChI is InChI=1S/C16H24N2O/c1-13-6-2-3-7-14(13)12-16(19)18-11-9-15-8-4-5-10-17-15/h2-3,6-7,15,17H,4-5,8-12H2,1H3,(H,18,19). The minimum absolute atomic E-state index is 0.130. The maximum atomic E-state index is 11.9. The lowest BCUT2D eigenvalue weighted by Gasteiger charge is -2.23. The van der Waals surface area contributed by atoms with Gasteiger partial charge in [0.15, 0.2) is 0 Å². The van der Waals surface area contributed by atoms with Crippen LogP contribution in [0.4, 0.5) is 0 Å². The summed E-state index contributed by atoms with van der Waals surface area (Å²) in [7, 11) is 0. The van der Waals surface area contributed by atoms with E-state index in [1.807, 2.05) is 18.2 Å². The average molecular weight is 260 g/mol. The number of rotatable bonds is 5. The van der Waals surface area contributed by atoms with Crippen molar-refractivity contribution >= 4 is 5.91 Å². The normalized spacial score (nSPS) is 19.1. The molecule has 1 unspecified atom stereocenters. The molecule has 0 saturated carbocycles. The highest BCUT2D eigenvalue weighted by Gasteiger charge is 2.12. The zero-order valence-electron chi connectivity index (χ0n) is 11.7. The Morgan fingerprint density at radius 3 is 2.95 bits per heavy atom. The Labute approximate surface area is 115 Å².